The Hall–Kier alpha value is -2.61. The average molecular weight is 455 g/mol. The number of halogens is 1. The molecule has 1 aliphatic carbocycles. The highest BCUT2D eigenvalue weighted by Crippen LogP contribution is 2.40. The normalized spacial score (nSPS) is 21.2. The predicted octanol–water partition coefficient (Wildman–Crippen LogP) is 3.61. The number of Topliss-reactive ketones (excluding diaryl/α,β-unsaturated/α-hetero) is 1. The molecule has 31 heavy (non-hydrogen) atoms. The van der Waals surface area contributed by atoms with E-state index in [9.17, 15) is 19.2 Å². The van der Waals surface area contributed by atoms with Crippen molar-refractivity contribution in [2.75, 3.05) is 7.05 Å². The lowest BCUT2D eigenvalue weighted by Gasteiger charge is -2.43. The fourth-order valence-electron chi connectivity index (χ4n) is 3.40. The van der Waals surface area contributed by atoms with Crippen LogP contribution in [0.1, 0.15) is 53.4 Å². The minimum Gasteiger partial charge on any atom is -0.424 e. The summed E-state index contributed by atoms with van der Waals surface area (Å²) >= 11 is 6.37. The van der Waals surface area contributed by atoms with Gasteiger partial charge in [-0.2, -0.15) is 0 Å². The minimum atomic E-state index is -1.35. The maximum atomic E-state index is 13.0. The van der Waals surface area contributed by atoms with Crippen LogP contribution in [-0.2, 0) is 23.9 Å². The number of ketones is 1. The molecule has 0 aromatic heterocycles. The van der Waals surface area contributed by atoms with Crippen molar-refractivity contribution in [3.8, 4) is 0 Å². The van der Waals surface area contributed by atoms with E-state index in [2.05, 4.69) is 11.9 Å². The lowest BCUT2D eigenvalue weighted by Crippen LogP contribution is -2.58. The van der Waals surface area contributed by atoms with Gasteiger partial charge in [0.15, 0.2) is 5.78 Å². The largest absolute Gasteiger partial charge is 0.424 e. The van der Waals surface area contributed by atoms with Crippen LogP contribution in [0.15, 0.2) is 35.4 Å². The Bertz CT molecular complexity index is 791. The highest BCUT2D eigenvalue weighted by molar-refractivity contribution is 6.32. The number of ether oxygens (including phenoxy) is 2. The Balaban J connectivity index is 3.02. The van der Waals surface area contributed by atoms with E-state index in [1.54, 1.807) is 18.2 Å². The van der Waals surface area contributed by atoms with Crippen LogP contribution in [0.4, 0.5) is 4.79 Å². The number of hydrogen-bond donors (Lipinski definition) is 1. The van der Waals surface area contributed by atoms with Crippen LogP contribution < -0.4 is 5.32 Å². The van der Waals surface area contributed by atoms with Crippen LogP contribution in [0, 0.1) is 0 Å². The van der Waals surface area contributed by atoms with Gasteiger partial charge < -0.3 is 14.8 Å². The van der Waals surface area contributed by atoms with Crippen LogP contribution in [-0.4, -0.2) is 53.6 Å². The zero-order valence-corrected chi connectivity index (χ0v) is 19.5. The third-order valence-corrected chi connectivity index (χ3v) is 5.40. The quantitative estimate of drug-likeness (QED) is 0.341. The van der Waals surface area contributed by atoms with Gasteiger partial charge in [-0.15, -0.1) is 0 Å². The lowest BCUT2D eigenvalue weighted by molar-refractivity contribution is -0.169. The van der Waals surface area contributed by atoms with E-state index in [1.807, 2.05) is 6.92 Å². The monoisotopic (exact) mass is 454 g/mol. The molecule has 1 N–H and O–H groups in total. The zero-order chi connectivity index (χ0) is 23.8. The van der Waals surface area contributed by atoms with Crippen LogP contribution in [0.2, 0.25) is 0 Å². The van der Waals surface area contributed by atoms with Gasteiger partial charge in [0, 0.05) is 32.3 Å². The number of amides is 2. The fourth-order valence-corrected chi connectivity index (χ4v) is 3.63. The number of nitrogens with one attached hydrogen (secondary N) is 1. The van der Waals surface area contributed by atoms with E-state index in [1.165, 1.54) is 32.7 Å². The fraction of sp³-hybridized carbons (Fsp3) is 0.545. The molecule has 3 atom stereocenters. The van der Waals surface area contributed by atoms with Crippen LogP contribution in [0.25, 0.3) is 0 Å². The SMILES string of the molecule is C=C(/C(Cl)=C\C=C/C)[C@]1(N(C)C(=O)OC(C)OC(=O)[C@H](C)NC(C)=O)CCCCC1=O. The molecule has 1 unspecified atom stereocenters. The Labute approximate surface area is 188 Å². The van der Waals surface area contributed by atoms with Crippen LogP contribution in [0.5, 0.6) is 0 Å². The standard InChI is InChI=1S/C22H31ClN2O6/c1-7-8-11-18(23)14(2)22(13-10-9-12-19(22)27)25(6)21(29)31-17(5)30-20(28)15(3)24-16(4)26/h7-8,11,15,17H,2,9-10,12-13H2,1,3-6H3,(H,24,26)/b8-7-,18-11+/t15-,17?,22+/m0/s1. The van der Waals surface area contributed by atoms with Crippen molar-refractivity contribution in [3.63, 3.8) is 0 Å². The number of hydrogen-bond acceptors (Lipinski definition) is 6. The van der Waals surface area contributed by atoms with Gasteiger partial charge in [0.25, 0.3) is 0 Å². The molecule has 1 rings (SSSR count). The van der Waals surface area contributed by atoms with E-state index >= 15 is 0 Å². The summed E-state index contributed by atoms with van der Waals surface area (Å²) in [5, 5.41) is 2.65. The minimum absolute atomic E-state index is 0.181. The topological polar surface area (TPSA) is 102 Å². The third-order valence-electron chi connectivity index (χ3n) is 5.04. The molecule has 2 amide bonds. The zero-order valence-electron chi connectivity index (χ0n) is 18.7. The van der Waals surface area contributed by atoms with Crippen molar-refractivity contribution < 1.29 is 28.7 Å². The highest BCUT2D eigenvalue weighted by Gasteiger charge is 2.49. The number of allylic oxidation sites excluding steroid dienone is 3. The van der Waals surface area contributed by atoms with Gasteiger partial charge in [-0.3, -0.25) is 14.5 Å². The summed E-state index contributed by atoms with van der Waals surface area (Å²) in [7, 11) is 1.44. The van der Waals surface area contributed by atoms with Crippen molar-refractivity contribution in [1.82, 2.24) is 10.2 Å². The van der Waals surface area contributed by atoms with Crippen molar-refractivity contribution >= 4 is 35.4 Å². The molecule has 0 aliphatic heterocycles. The van der Waals surface area contributed by atoms with E-state index in [4.69, 9.17) is 21.1 Å². The van der Waals surface area contributed by atoms with Gasteiger partial charge >= 0.3 is 12.1 Å². The van der Waals surface area contributed by atoms with Gasteiger partial charge in [0.05, 0.1) is 0 Å². The molecule has 1 aliphatic rings. The van der Waals surface area contributed by atoms with Gasteiger partial charge in [0.1, 0.15) is 11.6 Å². The molecule has 172 valence electrons. The summed E-state index contributed by atoms with van der Waals surface area (Å²) in [6.45, 7) is 9.91. The second-order valence-electron chi connectivity index (χ2n) is 7.38. The van der Waals surface area contributed by atoms with Crippen molar-refractivity contribution in [2.45, 2.75) is 71.2 Å². The second-order valence-corrected chi connectivity index (χ2v) is 7.79. The maximum absolute atomic E-state index is 13.0. The molecule has 0 radical (unpaired) electrons. The number of carbonyl (C=O) groups excluding carboxylic acids is 4. The maximum Gasteiger partial charge on any atom is 0.413 e. The first-order valence-electron chi connectivity index (χ1n) is 10.1. The first-order valence-corrected chi connectivity index (χ1v) is 10.5. The van der Waals surface area contributed by atoms with E-state index in [0.717, 1.165) is 0 Å². The molecular formula is C22H31ClN2O6. The van der Waals surface area contributed by atoms with Crippen LogP contribution in [0.3, 0.4) is 0 Å². The third kappa shape index (κ3) is 6.69. The molecule has 0 spiro atoms. The number of esters is 1. The Morgan fingerprint density at radius 1 is 1.26 bits per heavy atom. The second kappa shape index (κ2) is 11.7. The Morgan fingerprint density at radius 3 is 2.45 bits per heavy atom. The average Bonchev–Trinajstić information content (AvgIpc) is 2.70. The molecule has 0 aromatic rings. The molecule has 0 saturated heterocycles. The first-order chi connectivity index (χ1) is 14.5. The summed E-state index contributed by atoms with van der Waals surface area (Å²) in [5.41, 5.74) is -1.04. The molecule has 1 saturated carbocycles. The molecule has 8 nitrogen and oxygen atoms in total. The van der Waals surface area contributed by atoms with Crippen molar-refractivity contribution in [2.24, 2.45) is 0 Å². The first kappa shape index (κ1) is 26.4. The van der Waals surface area contributed by atoms with Crippen molar-refractivity contribution in [1.29, 1.82) is 0 Å². The number of carbonyl (C=O) groups is 4. The summed E-state index contributed by atoms with van der Waals surface area (Å²) in [6.07, 6.45) is 5.05. The van der Waals surface area contributed by atoms with E-state index in [-0.39, 0.29) is 17.2 Å². The van der Waals surface area contributed by atoms with Crippen molar-refractivity contribution in [3.05, 3.63) is 35.4 Å². The summed E-state index contributed by atoms with van der Waals surface area (Å²) < 4.78 is 10.3. The molecule has 0 bridgehead atoms. The van der Waals surface area contributed by atoms with E-state index in [0.29, 0.717) is 24.8 Å². The van der Waals surface area contributed by atoms with E-state index < -0.39 is 35.8 Å². The summed E-state index contributed by atoms with van der Waals surface area (Å²) in [5.74, 6) is -1.34. The van der Waals surface area contributed by atoms with Gasteiger partial charge in [-0.1, -0.05) is 30.3 Å². The Kier molecular flexibility index (Phi) is 9.97. The number of nitrogens with zero attached hydrogens (tertiary/aromatic N) is 1. The van der Waals surface area contributed by atoms with Crippen LogP contribution >= 0.6 is 11.6 Å². The highest BCUT2D eigenvalue weighted by atomic mass is 35.5. The number of rotatable bonds is 8. The summed E-state index contributed by atoms with van der Waals surface area (Å²) in [4.78, 5) is 50.1. The molecular weight excluding hydrogens is 424 g/mol. The molecule has 1 fully saturated rings. The lowest BCUT2D eigenvalue weighted by atomic mass is 9.74. The molecule has 0 heterocycles. The van der Waals surface area contributed by atoms with Gasteiger partial charge in [-0.05, 0) is 44.8 Å². The smallest absolute Gasteiger partial charge is 0.413 e. The van der Waals surface area contributed by atoms with Gasteiger partial charge in [0.2, 0.25) is 12.2 Å². The molecule has 0 aromatic carbocycles. The van der Waals surface area contributed by atoms with Gasteiger partial charge in [-0.25, -0.2) is 9.59 Å². The predicted molar refractivity (Wildman–Crippen MR) is 117 cm³/mol. The molecule has 9 heteroatoms. The number of likely N-dealkylation sites (N-methyl/N-ethyl adjacent to an activating group) is 1. The Morgan fingerprint density at radius 2 is 1.90 bits per heavy atom. The summed E-state index contributed by atoms with van der Waals surface area (Å²) in [6, 6.07) is -0.905.